The summed E-state index contributed by atoms with van der Waals surface area (Å²) < 4.78 is 0. The average molecular weight is 96.2 g/mol. The molecule has 0 saturated carbocycles. The van der Waals surface area contributed by atoms with Crippen LogP contribution in [0.15, 0.2) is 0 Å². The Morgan fingerprint density at radius 2 is 2.43 bits per heavy atom. The molecule has 1 nitrogen and oxygen atoms in total. The molecule has 0 aliphatic rings. The summed E-state index contributed by atoms with van der Waals surface area (Å²) in [6.45, 7) is 4.33. The third-order valence-electron chi connectivity index (χ3n) is 0.625. The standard InChI is InChI=1S/C6H10N/c1-3-4-5-6-7-2/h7H,1,5-6H2,2H3. The van der Waals surface area contributed by atoms with Crippen LogP contribution in [0.2, 0.25) is 0 Å². The van der Waals surface area contributed by atoms with E-state index in [2.05, 4.69) is 24.1 Å². The summed E-state index contributed by atoms with van der Waals surface area (Å²) in [4.78, 5) is 0. The molecule has 39 valence electrons. The quantitative estimate of drug-likeness (QED) is 0.388. The van der Waals surface area contributed by atoms with Crippen molar-refractivity contribution >= 4 is 0 Å². The van der Waals surface area contributed by atoms with E-state index in [0.717, 1.165) is 13.0 Å². The Hall–Kier alpha value is -0.480. The second-order valence-corrected chi connectivity index (χ2v) is 1.21. The average Bonchev–Trinajstić information content (AvgIpc) is 1.69. The first kappa shape index (κ1) is 6.52. The maximum atomic E-state index is 3.37. The van der Waals surface area contributed by atoms with E-state index in [-0.39, 0.29) is 0 Å². The van der Waals surface area contributed by atoms with E-state index >= 15 is 0 Å². The van der Waals surface area contributed by atoms with Gasteiger partial charge in [0.2, 0.25) is 0 Å². The minimum Gasteiger partial charge on any atom is -0.319 e. The first-order chi connectivity index (χ1) is 3.41. The maximum absolute atomic E-state index is 3.37. The molecule has 0 aromatic carbocycles. The molecular formula is C6H10N. The smallest absolute Gasteiger partial charge is 0.0214 e. The molecule has 0 spiro atoms. The molecule has 0 unspecified atom stereocenters. The largest absolute Gasteiger partial charge is 0.319 e. The van der Waals surface area contributed by atoms with Gasteiger partial charge in [-0.05, 0) is 7.05 Å². The van der Waals surface area contributed by atoms with Gasteiger partial charge in [-0.25, -0.2) is 0 Å². The van der Waals surface area contributed by atoms with Crippen molar-refractivity contribution in [1.29, 1.82) is 0 Å². The first-order valence-electron chi connectivity index (χ1n) is 2.31. The SMILES string of the molecule is [CH2]C#CCCNC. The topological polar surface area (TPSA) is 12.0 Å². The molecule has 0 fully saturated rings. The minimum absolute atomic E-state index is 0.903. The number of nitrogens with one attached hydrogen (secondary N) is 1. The summed E-state index contributed by atoms with van der Waals surface area (Å²) in [6, 6.07) is 0. The van der Waals surface area contributed by atoms with Crippen LogP contribution < -0.4 is 5.32 Å². The van der Waals surface area contributed by atoms with E-state index in [0.29, 0.717) is 0 Å². The lowest BCUT2D eigenvalue weighted by molar-refractivity contribution is 0.818. The van der Waals surface area contributed by atoms with Crippen LogP contribution in [0.1, 0.15) is 6.42 Å². The van der Waals surface area contributed by atoms with Crippen LogP contribution in [-0.2, 0) is 0 Å². The monoisotopic (exact) mass is 96.1 g/mol. The highest BCUT2D eigenvalue weighted by atomic mass is 14.8. The molecule has 0 saturated heterocycles. The van der Waals surface area contributed by atoms with Crippen LogP contribution in [-0.4, -0.2) is 13.6 Å². The Balaban J connectivity index is 2.78. The predicted octanol–water partition coefficient (Wildman–Crippen LogP) is 0.433. The second kappa shape index (κ2) is 5.52. The molecule has 0 amide bonds. The molecule has 0 rings (SSSR count). The van der Waals surface area contributed by atoms with Gasteiger partial charge < -0.3 is 5.32 Å². The zero-order chi connectivity index (χ0) is 5.54. The lowest BCUT2D eigenvalue weighted by Gasteiger charge is -1.85. The van der Waals surface area contributed by atoms with Crippen LogP contribution in [0, 0.1) is 18.8 Å². The summed E-state index contributed by atoms with van der Waals surface area (Å²) in [5.41, 5.74) is 0. The summed E-state index contributed by atoms with van der Waals surface area (Å²) in [5, 5.41) is 2.97. The van der Waals surface area contributed by atoms with Gasteiger partial charge in [0, 0.05) is 19.9 Å². The van der Waals surface area contributed by atoms with E-state index in [4.69, 9.17) is 0 Å². The van der Waals surface area contributed by atoms with Gasteiger partial charge in [-0.15, -0.1) is 11.8 Å². The van der Waals surface area contributed by atoms with E-state index < -0.39 is 0 Å². The Morgan fingerprint density at radius 3 is 2.86 bits per heavy atom. The molecule has 0 bridgehead atoms. The van der Waals surface area contributed by atoms with E-state index in [1.54, 1.807) is 0 Å². The summed E-state index contributed by atoms with van der Waals surface area (Å²) >= 11 is 0. The van der Waals surface area contributed by atoms with Gasteiger partial charge >= 0.3 is 0 Å². The molecule has 0 aromatic rings. The zero-order valence-electron chi connectivity index (χ0n) is 4.62. The van der Waals surface area contributed by atoms with Crippen LogP contribution in [0.25, 0.3) is 0 Å². The Labute approximate surface area is 45.1 Å². The summed E-state index contributed by atoms with van der Waals surface area (Å²) in [7, 11) is 1.91. The van der Waals surface area contributed by atoms with Crippen LogP contribution in [0.5, 0.6) is 0 Å². The van der Waals surface area contributed by atoms with Crippen LogP contribution >= 0.6 is 0 Å². The molecule has 1 N–H and O–H groups in total. The van der Waals surface area contributed by atoms with Gasteiger partial charge in [-0.1, -0.05) is 0 Å². The molecule has 0 atom stereocenters. The van der Waals surface area contributed by atoms with Gasteiger partial charge in [0.15, 0.2) is 0 Å². The Bertz CT molecular complexity index is 75.9. The highest BCUT2D eigenvalue weighted by Crippen LogP contribution is 1.66. The van der Waals surface area contributed by atoms with Crippen molar-refractivity contribution in [3.63, 3.8) is 0 Å². The van der Waals surface area contributed by atoms with E-state index in [9.17, 15) is 0 Å². The molecule has 0 aliphatic heterocycles. The molecule has 1 heteroatoms. The third-order valence-corrected chi connectivity index (χ3v) is 0.625. The number of hydrogen-bond donors (Lipinski definition) is 1. The molecule has 7 heavy (non-hydrogen) atoms. The van der Waals surface area contributed by atoms with Crippen molar-refractivity contribution in [2.45, 2.75) is 6.42 Å². The highest BCUT2D eigenvalue weighted by molar-refractivity contribution is 5.01. The molecular weight excluding hydrogens is 86.1 g/mol. The normalized spacial score (nSPS) is 7.14. The second-order valence-electron chi connectivity index (χ2n) is 1.21. The predicted molar refractivity (Wildman–Crippen MR) is 31.7 cm³/mol. The van der Waals surface area contributed by atoms with Crippen molar-refractivity contribution < 1.29 is 0 Å². The summed E-state index contributed by atoms with van der Waals surface area (Å²) in [5.74, 6) is 5.39. The summed E-state index contributed by atoms with van der Waals surface area (Å²) in [6.07, 6.45) is 0.903. The van der Waals surface area contributed by atoms with Crippen molar-refractivity contribution in [2.75, 3.05) is 13.6 Å². The van der Waals surface area contributed by atoms with Crippen molar-refractivity contribution in [1.82, 2.24) is 5.32 Å². The lowest BCUT2D eigenvalue weighted by atomic mass is 10.4. The number of hydrogen-bond acceptors (Lipinski definition) is 1. The minimum atomic E-state index is 0.903. The highest BCUT2D eigenvalue weighted by Gasteiger charge is 1.70. The van der Waals surface area contributed by atoms with Crippen molar-refractivity contribution in [2.24, 2.45) is 0 Å². The lowest BCUT2D eigenvalue weighted by Crippen LogP contribution is -2.05. The number of rotatable bonds is 2. The van der Waals surface area contributed by atoms with Gasteiger partial charge in [0.05, 0.1) is 0 Å². The Morgan fingerprint density at radius 1 is 1.71 bits per heavy atom. The molecule has 0 heterocycles. The van der Waals surface area contributed by atoms with Crippen LogP contribution in [0.3, 0.4) is 0 Å². The molecule has 0 aliphatic carbocycles. The zero-order valence-corrected chi connectivity index (χ0v) is 4.62. The first-order valence-corrected chi connectivity index (χ1v) is 2.31. The fraction of sp³-hybridized carbons (Fsp3) is 0.500. The molecule has 0 aromatic heterocycles. The van der Waals surface area contributed by atoms with Gasteiger partial charge in [0.1, 0.15) is 0 Å². The van der Waals surface area contributed by atoms with Gasteiger partial charge in [-0.2, -0.15) is 0 Å². The van der Waals surface area contributed by atoms with Crippen LogP contribution in [0.4, 0.5) is 0 Å². The van der Waals surface area contributed by atoms with Gasteiger partial charge in [0.25, 0.3) is 0 Å². The Kier molecular flexibility index (Phi) is 5.14. The maximum Gasteiger partial charge on any atom is 0.0214 e. The third kappa shape index (κ3) is 5.52. The molecule has 1 radical (unpaired) electrons. The van der Waals surface area contributed by atoms with Crippen molar-refractivity contribution in [3.05, 3.63) is 6.92 Å². The van der Waals surface area contributed by atoms with Gasteiger partial charge in [-0.3, -0.25) is 0 Å². The van der Waals surface area contributed by atoms with Crippen molar-refractivity contribution in [3.8, 4) is 11.8 Å². The fourth-order valence-corrected chi connectivity index (χ4v) is 0.276. The van der Waals surface area contributed by atoms with E-state index in [1.165, 1.54) is 0 Å². The fourth-order valence-electron chi connectivity index (χ4n) is 0.276. The van der Waals surface area contributed by atoms with E-state index in [1.807, 2.05) is 7.05 Å².